The molecule has 0 aliphatic carbocycles. The summed E-state index contributed by atoms with van der Waals surface area (Å²) >= 11 is 5.98. The Labute approximate surface area is 116 Å². The fraction of sp³-hybridized carbons (Fsp3) is 0.462. The molecule has 0 aromatic heterocycles. The lowest BCUT2D eigenvalue weighted by Crippen LogP contribution is -2.48. The average molecular weight is 285 g/mol. The van der Waals surface area contributed by atoms with E-state index in [0.29, 0.717) is 23.7 Å². The quantitative estimate of drug-likeness (QED) is 0.752. The highest BCUT2D eigenvalue weighted by Gasteiger charge is 2.22. The van der Waals surface area contributed by atoms with E-state index in [9.17, 15) is 9.90 Å². The second-order valence-corrected chi connectivity index (χ2v) is 4.75. The van der Waals surface area contributed by atoms with Crippen LogP contribution in [0.3, 0.4) is 0 Å². The summed E-state index contributed by atoms with van der Waals surface area (Å²) < 4.78 is 5.32. The first-order chi connectivity index (χ1) is 9.18. The molecule has 1 saturated heterocycles. The van der Waals surface area contributed by atoms with Gasteiger partial charge in [-0.3, -0.25) is 4.79 Å². The van der Waals surface area contributed by atoms with E-state index in [2.05, 4.69) is 10.6 Å². The molecule has 19 heavy (non-hydrogen) atoms. The summed E-state index contributed by atoms with van der Waals surface area (Å²) in [4.78, 5) is 11.8. The van der Waals surface area contributed by atoms with Crippen molar-refractivity contribution in [1.29, 1.82) is 0 Å². The molecule has 1 heterocycles. The monoisotopic (exact) mass is 284 g/mol. The van der Waals surface area contributed by atoms with Gasteiger partial charge in [0.25, 0.3) is 5.91 Å². The van der Waals surface area contributed by atoms with Crippen molar-refractivity contribution in [2.24, 2.45) is 0 Å². The van der Waals surface area contributed by atoms with Crippen molar-refractivity contribution in [3.05, 3.63) is 34.9 Å². The van der Waals surface area contributed by atoms with E-state index in [-0.39, 0.29) is 12.5 Å². The van der Waals surface area contributed by atoms with Crippen LogP contribution in [0.1, 0.15) is 11.7 Å². The van der Waals surface area contributed by atoms with Crippen molar-refractivity contribution >= 4 is 17.5 Å². The van der Waals surface area contributed by atoms with E-state index in [0.717, 1.165) is 6.54 Å². The van der Waals surface area contributed by atoms with Gasteiger partial charge in [0.2, 0.25) is 0 Å². The van der Waals surface area contributed by atoms with Crippen LogP contribution in [-0.4, -0.2) is 43.4 Å². The van der Waals surface area contributed by atoms with E-state index in [1.165, 1.54) is 0 Å². The molecule has 0 bridgehead atoms. The Hall–Kier alpha value is -1.14. The van der Waals surface area contributed by atoms with Crippen molar-refractivity contribution in [1.82, 2.24) is 10.6 Å². The molecule has 0 radical (unpaired) electrons. The van der Waals surface area contributed by atoms with Gasteiger partial charge in [0.15, 0.2) is 0 Å². The Morgan fingerprint density at radius 2 is 2.37 bits per heavy atom. The second-order valence-electron chi connectivity index (χ2n) is 4.35. The first-order valence-corrected chi connectivity index (χ1v) is 6.59. The van der Waals surface area contributed by atoms with Crippen LogP contribution in [0.5, 0.6) is 0 Å². The number of amides is 1. The largest absolute Gasteiger partial charge is 0.387 e. The van der Waals surface area contributed by atoms with E-state index in [1.54, 1.807) is 24.3 Å². The smallest absolute Gasteiger partial charge is 0.250 e. The van der Waals surface area contributed by atoms with Crippen LogP contribution in [0.25, 0.3) is 0 Å². The van der Waals surface area contributed by atoms with Crippen LogP contribution < -0.4 is 10.6 Å². The number of aliphatic hydroxyl groups is 1. The number of ether oxygens (including phenoxy) is 1. The molecule has 2 rings (SSSR count). The fourth-order valence-electron chi connectivity index (χ4n) is 1.90. The number of aliphatic hydroxyl groups excluding tert-OH is 1. The van der Waals surface area contributed by atoms with Gasteiger partial charge in [-0.15, -0.1) is 0 Å². The number of halogens is 1. The van der Waals surface area contributed by atoms with Crippen molar-refractivity contribution in [2.75, 3.05) is 26.2 Å². The van der Waals surface area contributed by atoms with Gasteiger partial charge in [0, 0.05) is 30.2 Å². The molecule has 1 aromatic carbocycles. The maximum atomic E-state index is 11.8. The molecule has 1 aliphatic rings. The van der Waals surface area contributed by atoms with E-state index < -0.39 is 12.2 Å². The molecule has 0 unspecified atom stereocenters. The second kappa shape index (κ2) is 6.86. The number of benzene rings is 1. The van der Waals surface area contributed by atoms with E-state index >= 15 is 0 Å². The van der Waals surface area contributed by atoms with Crippen LogP contribution >= 0.6 is 11.6 Å². The lowest BCUT2D eigenvalue weighted by atomic mass is 10.1. The van der Waals surface area contributed by atoms with Crippen molar-refractivity contribution in [3.63, 3.8) is 0 Å². The number of hydrogen-bond donors (Lipinski definition) is 3. The Bertz CT molecular complexity index is 436. The molecule has 1 fully saturated rings. The fourth-order valence-corrected chi connectivity index (χ4v) is 2.16. The normalized spacial score (nSPS) is 20.8. The van der Waals surface area contributed by atoms with Gasteiger partial charge in [-0.25, -0.2) is 0 Å². The maximum Gasteiger partial charge on any atom is 0.250 e. The van der Waals surface area contributed by atoms with Gasteiger partial charge >= 0.3 is 0 Å². The zero-order chi connectivity index (χ0) is 13.7. The third-order valence-corrected chi connectivity index (χ3v) is 3.30. The highest BCUT2D eigenvalue weighted by atomic mass is 35.5. The Morgan fingerprint density at radius 3 is 3.05 bits per heavy atom. The summed E-state index contributed by atoms with van der Waals surface area (Å²) in [5, 5.41) is 16.2. The Morgan fingerprint density at radius 1 is 1.58 bits per heavy atom. The first-order valence-electron chi connectivity index (χ1n) is 6.21. The third-order valence-electron chi connectivity index (χ3n) is 2.95. The van der Waals surface area contributed by atoms with Crippen LogP contribution in [0.15, 0.2) is 24.3 Å². The number of rotatable bonds is 4. The molecular weight excluding hydrogens is 268 g/mol. The lowest BCUT2D eigenvalue weighted by Gasteiger charge is -2.23. The summed E-state index contributed by atoms with van der Waals surface area (Å²) in [6, 6.07) is 7.02. The zero-order valence-electron chi connectivity index (χ0n) is 10.4. The van der Waals surface area contributed by atoms with Crippen molar-refractivity contribution in [2.45, 2.75) is 12.2 Å². The summed E-state index contributed by atoms with van der Waals surface area (Å²) in [6.07, 6.45) is -1.32. The minimum absolute atomic E-state index is 0.114. The zero-order valence-corrected chi connectivity index (χ0v) is 11.2. The van der Waals surface area contributed by atoms with Crippen molar-refractivity contribution < 1.29 is 14.6 Å². The van der Waals surface area contributed by atoms with Crippen LogP contribution in [0, 0.1) is 0 Å². The summed E-state index contributed by atoms with van der Waals surface area (Å²) in [6.45, 7) is 1.88. The van der Waals surface area contributed by atoms with Gasteiger partial charge in [-0.05, 0) is 6.07 Å². The molecule has 1 aliphatic heterocycles. The Balaban J connectivity index is 1.84. The highest BCUT2D eigenvalue weighted by molar-refractivity contribution is 6.31. The predicted molar refractivity (Wildman–Crippen MR) is 72.0 cm³/mol. The predicted octanol–water partition coefficient (Wildman–Crippen LogP) is 0.478. The molecule has 2 atom stereocenters. The average Bonchev–Trinajstić information content (AvgIpc) is 2.46. The summed E-state index contributed by atoms with van der Waals surface area (Å²) in [5.74, 6) is -0.224. The maximum absolute atomic E-state index is 11.8. The van der Waals surface area contributed by atoms with Crippen molar-refractivity contribution in [3.8, 4) is 0 Å². The minimum atomic E-state index is -0.825. The highest BCUT2D eigenvalue weighted by Crippen LogP contribution is 2.21. The molecule has 5 nitrogen and oxygen atoms in total. The van der Waals surface area contributed by atoms with Gasteiger partial charge in [0.05, 0.1) is 12.7 Å². The molecule has 0 saturated carbocycles. The first kappa shape index (κ1) is 14.3. The third kappa shape index (κ3) is 3.91. The van der Waals surface area contributed by atoms with Gasteiger partial charge in [0.1, 0.15) is 6.10 Å². The molecule has 6 heteroatoms. The number of morpholine rings is 1. The molecule has 104 valence electrons. The number of nitrogens with one attached hydrogen (secondary N) is 2. The number of carbonyl (C=O) groups excluding carboxylic acids is 1. The molecule has 0 spiro atoms. The van der Waals surface area contributed by atoms with Gasteiger partial charge in [-0.1, -0.05) is 29.8 Å². The standard InChI is InChI=1S/C13H17ClN2O3/c14-10-4-2-1-3-9(10)11(17)7-16-13(18)12-8-15-5-6-19-12/h1-4,11-12,15,17H,5-8H2,(H,16,18)/t11-,12+/m0/s1. The van der Waals surface area contributed by atoms with Crippen LogP contribution in [0.2, 0.25) is 5.02 Å². The number of carbonyl (C=O) groups is 1. The molecule has 1 amide bonds. The Kier molecular flexibility index (Phi) is 5.15. The van der Waals surface area contributed by atoms with E-state index in [1.807, 2.05) is 0 Å². The number of hydrogen-bond acceptors (Lipinski definition) is 4. The summed E-state index contributed by atoms with van der Waals surface area (Å²) in [5.41, 5.74) is 0.604. The van der Waals surface area contributed by atoms with Crippen LogP contribution in [-0.2, 0) is 9.53 Å². The SMILES string of the molecule is O=C(NC[C@H](O)c1ccccc1Cl)[C@H]1CNCCO1. The van der Waals surface area contributed by atoms with Gasteiger partial charge in [-0.2, -0.15) is 0 Å². The van der Waals surface area contributed by atoms with Crippen LogP contribution in [0.4, 0.5) is 0 Å². The van der Waals surface area contributed by atoms with E-state index in [4.69, 9.17) is 16.3 Å². The minimum Gasteiger partial charge on any atom is -0.387 e. The molecular formula is C13H17ClN2O3. The summed E-state index contributed by atoms with van der Waals surface area (Å²) in [7, 11) is 0. The lowest BCUT2D eigenvalue weighted by molar-refractivity contribution is -0.134. The molecule has 3 N–H and O–H groups in total. The topological polar surface area (TPSA) is 70.6 Å². The van der Waals surface area contributed by atoms with Gasteiger partial charge < -0.3 is 20.5 Å². The molecule has 1 aromatic rings.